The van der Waals surface area contributed by atoms with Crippen LogP contribution in [-0.4, -0.2) is 50.6 Å². The summed E-state index contributed by atoms with van der Waals surface area (Å²) in [6.45, 7) is 1.43. The van der Waals surface area contributed by atoms with Crippen molar-refractivity contribution in [3.63, 3.8) is 0 Å². The summed E-state index contributed by atoms with van der Waals surface area (Å²) < 4.78 is 10.8. The fourth-order valence-electron chi connectivity index (χ4n) is 2.33. The molecule has 10 nitrogen and oxygen atoms in total. The summed E-state index contributed by atoms with van der Waals surface area (Å²) in [5.74, 6) is -5.70. The molecule has 146 valence electrons. The van der Waals surface area contributed by atoms with E-state index < -0.39 is 52.4 Å². The van der Waals surface area contributed by atoms with Gasteiger partial charge in [0.05, 0.1) is 22.3 Å². The van der Waals surface area contributed by atoms with Crippen LogP contribution in [0, 0.1) is 0 Å². The zero-order chi connectivity index (χ0) is 21.0. The molecule has 0 atom stereocenters. The second kappa shape index (κ2) is 8.08. The van der Waals surface area contributed by atoms with E-state index in [-0.39, 0.29) is 11.5 Å². The van der Waals surface area contributed by atoms with Crippen LogP contribution in [0.3, 0.4) is 0 Å². The Hall–Kier alpha value is -4.08. The highest BCUT2D eigenvalue weighted by molar-refractivity contribution is 6.02. The van der Waals surface area contributed by atoms with Gasteiger partial charge in [0.25, 0.3) is 0 Å². The van der Waals surface area contributed by atoms with Gasteiger partial charge in [-0.2, -0.15) is 0 Å². The van der Waals surface area contributed by atoms with E-state index in [2.05, 4.69) is 0 Å². The van der Waals surface area contributed by atoms with E-state index in [0.717, 1.165) is 24.3 Å². The number of hydrogen-bond acceptors (Lipinski definition) is 6. The monoisotopic (exact) mass is 390 g/mol. The minimum absolute atomic E-state index is 0.00974. The third kappa shape index (κ3) is 4.55. The summed E-state index contributed by atoms with van der Waals surface area (Å²) in [5.41, 5.74) is -1.78. The molecule has 0 radical (unpaired) electrons. The lowest BCUT2D eigenvalue weighted by Gasteiger charge is -2.18. The first kappa shape index (κ1) is 20.2. The quantitative estimate of drug-likeness (QED) is 0.491. The summed E-state index contributed by atoms with van der Waals surface area (Å²) in [6.07, 6.45) is -1.03. The summed E-state index contributed by atoms with van der Waals surface area (Å²) in [7, 11) is 0. The van der Waals surface area contributed by atoms with Crippen molar-refractivity contribution in [2.45, 2.75) is 13.2 Å². The number of ether oxygens (including phenoxy) is 2. The molecule has 0 bridgehead atoms. The van der Waals surface area contributed by atoms with E-state index in [1.165, 1.54) is 19.1 Å². The zero-order valence-electron chi connectivity index (χ0n) is 14.3. The van der Waals surface area contributed by atoms with E-state index in [1.54, 1.807) is 0 Å². The van der Waals surface area contributed by atoms with Crippen molar-refractivity contribution in [1.29, 1.82) is 0 Å². The Morgan fingerprint density at radius 1 is 0.643 bits per heavy atom. The van der Waals surface area contributed by atoms with E-state index in [1.807, 2.05) is 0 Å². The molecule has 0 aromatic heterocycles. The fraction of sp³-hybridized carbons (Fsp3) is 0.111. The molecule has 0 saturated carbocycles. The Morgan fingerprint density at radius 2 is 0.964 bits per heavy atom. The molecule has 2 aromatic carbocycles. The second-order valence-electron chi connectivity index (χ2n) is 5.44. The average molecular weight is 390 g/mol. The van der Waals surface area contributed by atoms with E-state index in [0.29, 0.717) is 0 Å². The second-order valence-corrected chi connectivity index (χ2v) is 5.44. The van der Waals surface area contributed by atoms with Crippen LogP contribution in [0.25, 0.3) is 0 Å². The fourth-order valence-corrected chi connectivity index (χ4v) is 2.33. The van der Waals surface area contributed by atoms with Crippen molar-refractivity contribution in [3.05, 3.63) is 58.7 Å². The van der Waals surface area contributed by atoms with Gasteiger partial charge in [0.2, 0.25) is 6.29 Å². The van der Waals surface area contributed by atoms with Crippen molar-refractivity contribution >= 4 is 23.9 Å². The first-order chi connectivity index (χ1) is 13.1. The number of aromatic carboxylic acids is 4. The molecule has 0 fully saturated rings. The average Bonchev–Trinajstić information content (AvgIpc) is 2.60. The SMILES string of the molecule is CC(Oc1ccc(C(=O)O)c(C(=O)O)c1)Oc1ccc(C(=O)O)c(C(=O)O)c1. The molecular formula is C18H14O10. The molecule has 2 rings (SSSR count). The Kier molecular flexibility index (Phi) is 5.84. The first-order valence-corrected chi connectivity index (χ1v) is 7.64. The number of carbonyl (C=O) groups is 4. The largest absolute Gasteiger partial charge is 0.478 e. The minimum atomic E-state index is -1.45. The number of carboxylic acids is 4. The molecule has 10 heteroatoms. The van der Waals surface area contributed by atoms with Crippen LogP contribution in [0.2, 0.25) is 0 Å². The van der Waals surface area contributed by atoms with Crippen LogP contribution in [0.4, 0.5) is 0 Å². The molecule has 0 aliphatic rings. The van der Waals surface area contributed by atoms with Gasteiger partial charge >= 0.3 is 23.9 Å². The van der Waals surface area contributed by atoms with E-state index in [4.69, 9.17) is 29.9 Å². The highest BCUT2D eigenvalue weighted by Gasteiger charge is 2.19. The highest BCUT2D eigenvalue weighted by atomic mass is 16.7. The smallest absolute Gasteiger partial charge is 0.336 e. The summed E-state index contributed by atoms with van der Waals surface area (Å²) >= 11 is 0. The lowest BCUT2D eigenvalue weighted by Crippen LogP contribution is -2.20. The van der Waals surface area contributed by atoms with Gasteiger partial charge < -0.3 is 29.9 Å². The summed E-state index contributed by atoms with van der Waals surface area (Å²) in [6, 6.07) is 6.65. The molecule has 4 N–H and O–H groups in total. The van der Waals surface area contributed by atoms with Crippen molar-refractivity contribution in [1.82, 2.24) is 0 Å². The van der Waals surface area contributed by atoms with Crippen LogP contribution < -0.4 is 9.47 Å². The van der Waals surface area contributed by atoms with Gasteiger partial charge in [-0.05, 0) is 36.4 Å². The van der Waals surface area contributed by atoms with Crippen molar-refractivity contribution < 1.29 is 49.1 Å². The lowest BCUT2D eigenvalue weighted by atomic mass is 10.1. The van der Waals surface area contributed by atoms with Crippen molar-refractivity contribution in [2.75, 3.05) is 0 Å². The standard InChI is InChI=1S/C18H14O10/c1-8(27-9-2-4-11(15(19)20)13(6-9)17(23)24)28-10-3-5-12(16(21)22)14(7-10)18(25)26/h2-8H,1H3,(H,19,20)(H,21,22)(H,23,24)(H,25,26). The normalized spacial score (nSPS) is 10.4. The maximum atomic E-state index is 11.2. The van der Waals surface area contributed by atoms with Gasteiger partial charge in [0.1, 0.15) is 11.5 Å². The highest BCUT2D eigenvalue weighted by Crippen LogP contribution is 2.23. The molecule has 0 amide bonds. The molecule has 0 saturated heterocycles. The third-order valence-corrected chi connectivity index (χ3v) is 3.51. The minimum Gasteiger partial charge on any atom is -0.478 e. The Morgan fingerprint density at radius 3 is 1.25 bits per heavy atom. The molecule has 28 heavy (non-hydrogen) atoms. The third-order valence-electron chi connectivity index (χ3n) is 3.51. The Balaban J connectivity index is 2.21. The maximum absolute atomic E-state index is 11.2. The van der Waals surface area contributed by atoms with Gasteiger partial charge in [-0.15, -0.1) is 0 Å². The predicted octanol–water partition coefficient (Wildman–Crippen LogP) is 2.28. The van der Waals surface area contributed by atoms with Gasteiger partial charge in [-0.25, -0.2) is 19.2 Å². The van der Waals surface area contributed by atoms with Gasteiger partial charge in [-0.1, -0.05) is 0 Å². The molecule has 0 spiro atoms. The molecular weight excluding hydrogens is 376 g/mol. The van der Waals surface area contributed by atoms with Crippen LogP contribution in [0.15, 0.2) is 36.4 Å². The van der Waals surface area contributed by atoms with Crippen LogP contribution in [0.1, 0.15) is 48.4 Å². The molecule has 0 heterocycles. The zero-order valence-corrected chi connectivity index (χ0v) is 14.3. The first-order valence-electron chi connectivity index (χ1n) is 7.64. The van der Waals surface area contributed by atoms with E-state index >= 15 is 0 Å². The lowest BCUT2D eigenvalue weighted by molar-refractivity contribution is 0.0219. The number of hydrogen-bond donors (Lipinski definition) is 4. The predicted molar refractivity (Wildman–Crippen MR) is 91.4 cm³/mol. The van der Waals surface area contributed by atoms with E-state index in [9.17, 15) is 19.2 Å². The summed E-state index contributed by atoms with van der Waals surface area (Å²) in [5, 5.41) is 36.2. The van der Waals surface area contributed by atoms with Gasteiger partial charge in [0.15, 0.2) is 0 Å². The van der Waals surface area contributed by atoms with Crippen LogP contribution in [0.5, 0.6) is 11.5 Å². The topological polar surface area (TPSA) is 168 Å². The van der Waals surface area contributed by atoms with Crippen LogP contribution >= 0.6 is 0 Å². The summed E-state index contributed by atoms with van der Waals surface area (Å²) in [4.78, 5) is 44.5. The number of rotatable bonds is 8. The molecule has 2 aromatic rings. The van der Waals surface area contributed by atoms with Gasteiger partial charge in [0, 0.05) is 6.92 Å². The number of carboxylic acid groups (broad SMARTS) is 4. The number of benzene rings is 2. The molecule has 0 aliphatic heterocycles. The Labute approximate surface area is 157 Å². The molecule has 0 aliphatic carbocycles. The molecule has 0 unspecified atom stereocenters. The maximum Gasteiger partial charge on any atom is 0.336 e. The van der Waals surface area contributed by atoms with Crippen molar-refractivity contribution in [2.24, 2.45) is 0 Å². The van der Waals surface area contributed by atoms with Crippen molar-refractivity contribution in [3.8, 4) is 11.5 Å². The van der Waals surface area contributed by atoms with Gasteiger partial charge in [-0.3, -0.25) is 0 Å². The Bertz CT molecular complexity index is 885. The van der Waals surface area contributed by atoms with Crippen LogP contribution in [-0.2, 0) is 0 Å².